The molecule has 0 spiro atoms. The van der Waals surface area contributed by atoms with Gasteiger partial charge < -0.3 is 43.3 Å². The minimum Gasteiger partial charge on any atom is -0.495 e. The first-order valence-corrected chi connectivity index (χ1v) is 25.3. The number of thioether (sulfide) groups is 1. The fraction of sp³-hybridized carbons (Fsp3) is 0.633. The number of rotatable bonds is 14. The summed E-state index contributed by atoms with van der Waals surface area (Å²) in [5.74, 6) is -3.16. The second kappa shape index (κ2) is 22.4. The van der Waals surface area contributed by atoms with Gasteiger partial charge in [0.05, 0.1) is 30.4 Å². The monoisotopic (exact) mass is 1030 g/mol. The fourth-order valence-electron chi connectivity index (χ4n) is 10.3. The number of hydrogen-bond acceptors (Lipinski definition) is 17. The number of methoxy groups -OCH3 is 2. The number of anilines is 1. The summed E-state index contributed by atoms with van der Waals surface area (Å²) in [7, 11) is 4.44. The van der Waals surface area contributed by atoms with Gasteiger partial charge in [0, 0.05) is 59.4 Å². The first-order chi connectivity index (χ1) is 33.6. The minimum absolute atomic E-state index is 0.00156. The zero-order chi connectivity index (χ0) is 51.4. The highest BCUT2D eigenvalue weighted by atomic mass is 35.5. The highest BCUT2D eigenvalue weighted by Crippen LogP contribution is 2.50. The molecule has 8 rings (SSSR count). The lowest BCUT2D eigenvalue weighted by atomic mass is 9.72. The number of aliphatic hydroxyl groups is 1. The molecule has 1 aliphatic carbocycles. The maximum atomic E-state index is 14.2. The van der Waals surface area contributed by atoms with E-state index in [1.165, 1.54) is 35.8 Å². The molecule has 0 radical (unpaired) electrons. The van der Waals surface area contributed by atoms with E-state index < -0.39 is 88.8 Å². The number of carbonyl (C=O) groups excluding carboxylic acids is 8. The summed E-state index contributed by atoms with van der Waals surface area (Å²) in [6, 6.07) is 3.55. The van der Waals surface area contributed by atoms with Crippen molar-refractivity contribution < 1.29 is 76.7 Å². The smallest absolute Gasteiger partial charge is 0.409 e. The number of esters is 1. The van der Waals surface area contributed by atoms with Gasteiger partial charge in [0.15, 0.2) is 5.72 Å². The summed E-state index contributed by atoms with van der Waals surface area (Å²) >= 11 is 8.11. The third-order valence-corrected chi connectivity index (χ3v) is 15.8. The molecule has 6 aliphatic heterocycles. The Morgan fingerprint density at radius 1 is 0.972 bits per heavy atom. The van der Waals surface area contributed by atoms with Gasteiger partial charge in [-0.3, -0.25) is 34.2 Å². The second-order valence-electron chi connectivity index (χ2n) is 19.6. The largest absolute Gasteiger partial charge is 0.495 e. The van der Waals surface area contributed by atoms with Crippen LogP contribution in [0.15, 0.2) is 35.9 Å². The first-order valence-electron chi connectivity index (χ1n) is 23.9. The Kier molecular flexibility index (Phi) is 16.9. The molecule has 5 fully saturated rings. The van der Waals surface area contributed by atoms with Crippen LogP contribution in [-0.2, 0) is 68.5 Å². The van der Waals surface area contributed by atoms with Gasteiger partial charge in [-0.1, -0.05) is 35.4 Å². The average molecular weight is 1030 g/mol. The van der Waals surface area contributed by atoms with Crippen LogP contribution in [0.25, 0.3) is 0 Å². The van der Waals surface area contributed by atoms with Crippen molar-refractivity contribution in [1.82, 2.24) is 15.3 Å². The number of nitrogens with one attached hydrogen (secondary N) is 1. The summed E-state index contributed by atoms with van der Waals surface area (Å²) in [6.45, 7) is 5.20. The summed E-state index contributed by atoms with van der Waals surface area (Å²) in [4.78, 5) is 111. The van der Waals surface area contributed by atoms with Crippen LogP contribution in [-0.4, -0.2) is 150 Å². The van der Waals surface area contributed by atoms with Gasteiger partial charge in [-0.15, -0.1) is 16.8 Å². The second-order valence-corrected chi connectivity index (χ2v) is 21.3. The van der Waals surface area contributed by atoms with Crippen LogP contribution in [0.4, 0.5) is 10.5 Å². The number of halogens is 1. The Labute approximate surface area is 421 Å². The van der Waals surface area contributed by atoms with Crippen molar-refractivity contribution in [2.24, 2.45) is 11.8 Å². The summed E-state index contributed by atoms with van der Waals surface area (Å²) < 4.78 is 35.1. The number of alkyl carbamates (subject to hydrolysis) is 1. The number of imide groups is 2. The summed E-state index contributed by atoms with van der Waals surface area (Å²) in [6.07, 6.45) is 3.85. The fourth-order valence-corrected chi connectivity index (χ4v) is 11.7. The standard InChI is InChI=1S/C49H63ClN4O16S/c1-28-9-7-10-35(65-6)49(63)24-37(68-46(62)51-49)48(3)27-47(2,70-48)36(23-40(57)52(4)32-20-30(19-28)21-33(64-5)43(32)50)67-42(59)26-66-17-8-18-71-34-22-41(58)53(44(34)60)25-29-11-13-31(14-12-29)45(61)69-54-38(55)15-16-39(54)56/h7,9-10,20-21,29,31,34-37,63H,8,11-19,22-27H2,1-6H3,(H,51,62)/b10-7+,28-9+/t29-,31-,34?,35-,36+,37+,47-,48?,49+/m1/s1. The number of nitrogens with zero attached hydrogens (tertiary/aromatic N) is 3. The first kappa shape index (κ1) is 53.7. The molecule has 7 atom stereocenters. The molecular formula is C49H63ClN4O16S. The minimum atomic E-state index is -1.89. The predicted octanol–water partition coefficient (Wildman–Crippen LogP) is 4.49. The predicted molar refractivity (Wildman–Crippen MR) is 254 cm³/mol. The number of carbonyl (C=O) groups is 8. The highest BCUT2D eigenvalue weighted by Gasteiger charge is 2.63. The van der Waals surface area contributed by atoms with Gasteiger partial charge in [0.1, 0.15) is 46.9 Å². The Bertz CT molecular complexity index is 2320. The third-order valence-electron chi connectivity index (χ3n) is 14.1. The maximum Gasteiger partial charge on any atom is 0.409 e. The van der Waals surface area contributed by atoms with Crippen molar-refractivity contribution in [1.29, 1.82) is 0 Å². The number of benzene rings is 1. The van der Waals surface area contributed by atoms with Crippen LogP contribution in [0.3, 0.4) is 0 Å². The molecule has 6 bridgehead atoms. The van der Waals surface area contributed by atoms with E-state index in [9.17, 15) is 43.5 Å². The molecule has 6 amide bonds. The van der Waals surface area contributed by atoms with Crippen molar-refractivity contribution in [2.75, 3.05) is 51.7 Å². The number of fused-ring (bicyclic) bond motifs is 6. The maximum absolute atomic E-state index is 14.2. The van der Waals surface area contributed by atoms with Crippen molar-refractivity contribution in [3.05, 3.63) is 46.5 Å². The number of hydroxylamine groups is 2. The lowest BCUT2D eigenvalue weighted by Gasteiger charge is -2.59. The zero-order valence-corrected chi connectivity index (χ0v) is 42.4. The molecule has 0 aromatic heterocycles. The Balaban J connectivity index is 0.935. The number of ether oxygens (including phenoxy) is 6. The molecule has 388 valence electrons. The molecule has 6 heterocycles. The Morgan fingerprint density at radius 2 is 1.68 bits per heavy atom. The van der Waals surface area contributed by atoms with Gasteiger partial charge in [-0.05, 0) is 88.7 Å². The molecule has 2 unspecified atom stereocenters. The SMILES string of the molecule is COc1cc2cc(c1Cl)N(C)C(=O)C[C@H](OC(=O)COCCCSC1CC(=O)N(C[C@H]3CC[C@H](C(=O)ON4C(=O)CCC4=O)CC3)C1=O)[C@@]1(C)CC(C)(O1)[C@@H]1C[C@@](O)(NC(=O)O1)[C@H](OC)/C=C/C=C(\C)C2. The highest BCUT2D eigenvalue weighted by molar-refractivity contribution is 8.00. The van der Waals surface area contributed by atoms with Crippen molar-refractivity contribution in [2.45, 2.75) is 138 Å². The molecule has 1 aromatic rings. The summed E-state index contributed by atoms with van der Waals surface area (Å²) in [5.41, 5.74) is -2.29. The molecule has 71 heavy (non-hydrogen) atoms. The van der Waals surface area contributed by atoms with E-state index in [1.807, 2.05) is 13.0 Å². The molecule has 20 nitrogen and oxygen atoms in total. The summed E-state index contributed by atoms with van der Waals surface area (Å²) in [5, 5.41) is 14.5. The van der Waals surface area contributed by atoms with E-state index in [0.29, 0.717) is 60.8 Å². The van der Waals surface area contributed by atoms with E-state index in [4.69, 9.17) is 44.9 Å². The van der Waals surface area contributed by atoms with E-state index in [-0.39, 0.29) is 74.4 Å². The molecule has 2 N–H and O–H groups in total. The molecular weight excluding hydrogens is 968 g/mol. The number of amides is 6. The van der Waals surface area contributed by atoms with Crippen LogP contribution in [0.2, 0.25) is 5.02 Å². The molecule has 1 aromatic carbocycles. The van der Waals surface area contributed by atoms with Gasteiger partial charge in [0.25, 0.3) is 11.8 Å². The molecule has 7 aliphatic rings. The van der Waals surface area contributed by atoms with Gasteiger partial charge in [-0.25, -0.2) is 14.4 Å². The molecule has 4 saturated heterocycles. The van der Waals surface area contributed by atoms with Crippen LogP contribution in [0.5, 0.6) is 5.75 Å². The Morgan fingerprint density at radius 3 is 2.35 bits per heavy atom. The van der Waals surface area contributed by atoms with Crippen LogP contribution < -0.4 is 15.0 Å². The normalized spacial score (nSPS) is 32.7. The van der Waals surface area contributed by atoms with E-state index in [0.717, 1.165) is 11.1 Å². The van der Waals surface area contributed by atoms with Gasteiger partial charge in [0.2, 0.25) is 17.7 Å². The van der Waals surface area contributed by atoms with Crippen molar-refractivity contribution >= 4 is 76.6 Å². The third kappa shape index (κ3) is 12.2. The quantitative estimate of drug-likeness (QED) is 0.148. The van der Waals surface area contributed by atoms with E-state index in [2.05, 4.69) is 5.32 Å². The van der Waals surface area contributed by atoms with Gasteiger partial charge >= 0.3 is 18.0 Å². The van der Waals surface area contributed by atoms with E-state index >= 15 is 0 Å². The van der Waals surface area contributed by atoms with Crippen LogP contribution >= 0.6 is 23.4 Å². The molecule has 1 saturated carbocycles. The van der Waals surface area contributed by atoms with Crippen molar-refractivity contribution in [3.63, 3.8) is 0 Å². The Hall–Kier alpha value is -5.06. The lowest BCUT2D eigenvalue weighted by Crippen LogP contribution is -2.72. The van der Waals surface area contributed by atoms with E-state index in [1.54, 1.807) is 45.2 Å². The van der Waals surface area contributed by atoms with Gasteiger partial charge in [-0.2, -0.15) is 0 Å². The number of hydrogen-bond donors (Lipinski definition) is 2. The van der Waals surface area contributed by atoms with Crippen LogP contribution in [0.1, 0.15) is 97.0 Å². The van der Waals surface area contributed by atoms with Crippen molar-refractivity contribution in [3.8, 4) is 5.75 Å². The molecule has 22 heteroatoms. The topological polar surface area (TPSA) is 243 Å². The van der Waals surface area contributed by atoms with Crippen LogP contribution in [0, 0.1) is 11.8 Å². The average Bonchev–Trinajstić information content (AvgIpc) is 3.77. The lowest BCUT2D eigenvalue weighted by molar-refractivity contribution is -0.328. The number of allylic oxidation sites excluding steroid dienone is 3. The zero-order valence-electron chi connectivity index (χ0n) is 40.9. The number of likely N-dealkylation sites (tertiary alicyclic amines) is 1.